The molecular weight excluding hydrogens is 413 g/mol. The van der Waals surface area contributed by atoms with E-state index in [1.165, 1.54) is 6.07 Å². The molecule has 2 fully saturated rings. The van der Waals surface area contributed by atoms with Crippen molar-refractivity contribution in [3.8, 4) is 0 Å². The minimum atomic E-state index is -4.72. The minimum absolute atomic E-state index is 0.0648. The zero-order chi connectivity index (χ0) is 21.0. The fraction of sp³-hybridized carbons (Fsp3) is 0.588. The molecule has 3 aliphatic rings. The first-order chi connectivity index (χ1) is 13.6. The molecule has 2 heterocycles. The molecule has 158 valence electrons. The van der Waals surface area contributed by atoms with Crippen LogP contribution in [-0.4, -0.2) is 47.5 Å². The number of hydrogen-bond acceptors (Lipinski definition) is 5. The molecule has 0 unspecified atom stereocenters. The van der Waals surface area contributed by atoms with Crippen LogP contribution < -0.4 is 10.0 Å². The van der Waals surface area contributed by atoms with E-state index in [2.05, 4.69) is 5.10 Å². The predicted molar refractivity (Wildman–Crippen MR) is 94.7 cm³/mol. The van der Waals surface area contributed by atoms with Gasteiger partial charge in [0.1, 0.15) is 11.6 Å². The number of aromatic nitrogens is 2. The largest absolute Gasteiger partial charge is 0.408 e. The molecule has 2 saturated carbocycles. The van der Waals surface area contributed by atoms with Gasteiger partial charge in [0, 0.05) is 18.2 Å². The second-order valence-electron chi connectivity index (χ2n) is 7.57. The van der Waals surface area contributed by atoms with Crippen LogP contribution in [0, 0.1) is 0 Å². The summed E-state index contributed by atoms with van der Waals surface area (Å²) in [6.07, 6.45) is -0.253. The first-order valence-electron chi connectivity index (χ1n) is 9.28. The Hall–Kier alpha value is -2.37. The number of carbonyl (C=O) groups excluding carboxylic acids is 2. The van der Waals surface area contributed by atoms with E-state index in [0.717, 1.165) is 19.3 Å². The van der Waals surface area contributed by atoms with Crippen LogP contribution >= 0.6 is 0 Å². The van der Waals surface area contributed by atoms with Crippen molar-refractivity contribution in [1.82, 2.24) is 19.8 Å². The van der Waals surface area contributed by atoms with Crippen molar-refractivity contribution in [3.63, 3.8) is 0 Å². The van der Waals surface area contributed by atoms with Gasteiger partial charge in [-0.2, -0.15) is 18.3 Å². The number of nitrogens with zero attached hydrogens (tertiary/aromatic N) is 2. The van der Waals surface area contributed by atoms with E-state index >= 15 is 0 Å². The third-order valence-corrected chi connectivity index (χ3v) is 7.25. The molecule has 1 aromatic heterocycles. The molecule has 29 heavy (non-hydrogen) atoms. The van der Waals surface area contributed by atoms with Gasteiger partial charge in [-0.3, -0.25) is 14.3 Å². The molecule has 8 nitrogen and oxygen atoms in total. The van der Waals surface area contributed by atoms with Gasteiger partial charge in [-0.1, -0.05) is 0 Å². The maximum Gasteiger partial charge on any atom is 0.408 e. The Bertz CT molecular complexity index is 991. The summed E-state index contributed by atoms with van der Waals surface area (Å²) in [6, 6.07) is -0.606. The van der Waals surface area contributed by atoms with Crippen LogP contribution in [0.1, 0.15) is 50.3 Å². The molecular formula is C17H19F3N4O4S. The molecule has 2 aliphatic carbocycles. The van der Waals surface area contributed by atoms with Gasteiger partial charge in [0.05, 0.1) is 17.0 Å². The lowest BCUT2D eigenvalue weighted by molar-refractivity contribution is -0.161. The predicted octanol–water partition coefficient (Wildman–Crippen LogP) is 1.42. The summed E-state index contributed by atoms with van der Waals surface area (Å²) in [5.41, 5.74) is -0.791. The summed E-state index contributed by atoms with van der Waals surface area (Å²) in [5.74, 6) is -2.50. The van der Waals surface area contributed by atoms with E-state index in [-0.39, 0.29) is 17.3 Å². The van der Waals surface area contributed by atoms with Crippen LogP contribution in [0.15, 0.2) is 17.8 Å². The van der Waals surface area contributed by atoms with Crippen molar-refractivity contribution in [2.45, 2.75) is 62.0 Å². The van der Waals surface area contributed by atoms with Crippen molar-refractivity contribution in [2.75, 3.05) is 0 Å². The van der Waals surface area contributed by atoms with Gasteiger partial charge in [-0.15, -0.1) is 0 Å². The van der Waals surface area contributed by atoms with Crippen molar-refractivity contribution < 1.29 is 31.2 Å². The standard InChI is InChI=1S/C17H19F3N4O4S/c18-17(19,20)13-8-11(12-6-7-24(22-12)9-2-1-3-9)14(15(25)21-13)16(26)23-29(27,28)10-4-5-10/h6-7,9-10,13H,1-5,8H2,(H,21,25)(H,23,26)/t13-/m1/s1. The van der Waals surface area contributed by atoms with E-state index in [9.17, 15) is 31.2 Å². The highest BCUT2D eigenvalue weighted by Crippen LogP contribution is 2.36. The first-order valence-corrected chi connectivity index (χ1v) is 10.8. The van der Waals surface area contributed by atoms with Gasteiger partial charge in [-0.25, -0.2) is 13.1 Å². The van der Waals surface area contributed by atoms with Gasteiger partial charge in [0.25, 0.3) is 11.8 Å². The van der Waals surface area contributed by atoms with Gasteiger partial charge in [-0.05, 0) is 38.2 Å². The van der Waals surface area contributed by atoms with Crippen LogP contribution in [0.25, 0.3) is 5.57 Å². The number of nitrogens with one attached hydrogen (secondary N) is 2. The van der Waals surface area contributed by atoms with E-state index in [4.69, 9.17) is 0 Å². The van der Waals surface area contributed by atoms with Crippen molar-refractivity contribution in [1.29, 1.82) is 0 Å². The number of hydrogen-bond donors (Lipinski definition) is 2. The Labute approximate surface area is 164 Å². The zero-order valence-corrected chi connectivity index (χ0v) is 16.0. The molecule has 0 radical (unpaired) electrons. The van der Waals surface area contributed by atoms with Crippen LogP contribution in [0.3, 0.4) is 0 Å². The van der Waals surface area contributed by atoms with Gasteiger partial charge in [0.2, 0.25) is 10.0 Å². The van der Waals surface area contributed by atoms with Crippen molar-refractivity contribution >= 4 is 27.4 Å². The van der Waals surface area contributed by atoms with Crippen LogP contribution in [0.4, 0.5) is 13.2 Å². The Morgan fingerprint density at radius 3 is 2.48 bits per heavy atom. The second-order valence-corrected chi connectivity index (χ2v) is 9.53. The lowest BCUT2D eigenvalue weighted by Crippen LogP contribution is -2.51. The Balaban J connectivity index is 1.71. The normalized spacial score (nSPS) is 23.6. The highest BCUT2D eigenvalue weighted by Gasteiger charge is 2.47. The Morgan fingerprint density at radius 1 is 1.24 bits per heavy atom. The average molecular weight is 432 g/mol. The fourth-order valence-electron chi connectivity index (χ4n) is 3.39. The molecule has 12 heteroatoms. The van der Waals surface area contributed by atoms with Crippen LogP contribution in [0.2, 0.25) is 0 Å². The van der Waals surface area contributed by atoms with Crippen molar-refractivity contribution in [2.24, 2.45) is 0 Å². The lowest BCUT2D eigenvalue weighted by Gasteiger charge is -2.29. The number of rotatable bonds is 5. The summed E-state index contributed by atoms with van der Waals surface area (Å²) in [5, 5.41) is 5.30. The van der Waals surface area contributed by atoms with E-state index in [1.807, 2.05) is 4.72 Å². The number of sulfonamides is 1. The number of amides is 2. The smallest absolute Gasteiger partial charge is 0.340 e. The minimum Gasteiger partial charge on any atom is -0.340 e. The number of alkyl halides is 3. The summed E-state index contributed by atoms with van der Waals surface area (Å²) in [4.78, 5) is 25.0. The second kappa shape index (κ2) is 6.85. The maximum atomic E-state index is 13.3. The van der Waals surface area contributed by atoms with Gasteiger partial charge < -0.3 is 5.32 Å². The number of halogens is 3. The zero-order valence-electron chi connectivity index (χ0n) is 15.2. The lowest BCUT2D eigenvalue weighted by atomic mass is 9.92. The molecule has 0 saturated heterocycles. The molecule has 1 aromatic rings. The fourth-order valence-corrected chi connectivity index (χ4v) is 4.67. The SMILES string of the molecule is O=C1N[C@@H](C(F)(F)F)CC(c2ccn(C3CCC3)n2)=C1C(=O)NS(=O)(=O)C1CC1. The molecule has 0 bridgehead atoms. The summed E-state index contributed by atoms with van der Waals surface area (Å²) >= 11 is 0. The molecule has 0 spiro atoms. The highest BCUT2D eigenvalue weighted by molar-refractivity contribution is 7.91. The highest BCUT2D eigenvalue weighted by atomic mass is 32.2. The maximum absolute atomic E-state index is 13.3. The third kappa shape index (κ3) is 3.89. The molecule has 2 amide bonds. The quantitative estimate of drug-likeness (QED) is 0.684. The Morgan fingerprint density at radius 2 is 1.93 bits per heavy atom. The molecule has 0 aromatic carbocycles. The topological polar surface area (TPSA) is 110 Å². The average Bonchev–Trinajstić information content (AvgIpc) is 3.32. The van der Waals surface area contributed by atoms with Crippen molar-refractivity contribution in [3.05, 3.63) is 23.5 Å². The summed E-state index contributed by atoms with van der Waals surface area (Å²) in [6.45, 7) is 0. The molecule has 1 aliphatic heterocycles. The van der Waals surface area contributed by atoms with E-state index in [1.54, 1.807) is 16.2 Å². The number of carbonyl (C=O) groups is 2. The monoisotopic (exact) mass is 432 g/mol. The first kappa shape index (κ1) is 19.9. The van der Waals surface area contributed by atoms with Crippen LogP contribution in [0.5, 0.6) is 0 Å². The third-order valence-electron chi connectivity index (χ3n) is 5.43. The molecule has 1 atom stereocenters. The summed E-state index contributed by atoms with van der Waals surface area (Å²) in [7, 11) is -3.97. The van der Waals surface area contributed by atoms with E-state index < -0.39 is 51.3 Å². The molecule has 4 rings (SSSR count). The van der Waals surface area contributed by atoms with Crippen LogP contribution in [-0.2, 0) is 19.6 Å². The van der Waals surface area contributed by atoms with Gasteiger partial charge >= 0.3 is 6.18 Å². The van der Waals surface area contributed by atoms with Gasteiger partial charge in [0.15, 0.2) is 0 Å². The molecule has 2 N–H and O–H groups in total. The summed E-state index contributed by atoms with van der Waals surface area (Å²) < 4.78 is 67.3. The Kier molecular flexibility index (Phi) is 4.71. The van der Waals surface area contributed by atoms with E-state index in [0.29, 0.717) is 12.8 Å².